The fraction of sp³-hybridized carbons (Fsp3) is 0.286. The number of alkyl halides is 5. The van der Waals surface area contributed by atoms with Gasteiger partial charge in [-0.25, -0.2) is 0 Å². The first-order valence-corrected chi connectivity index (χ1v) is 5.77. The lowest BCUT2D eigenvalue weighted by Gasteiger charge is -2.26. The average molecular weight is 290 g/mol. The number of aliphatic hydroxyl groups excluding tert-OH is 1. The third-order valence-corrected chi connectivity index (χ3v) is 3.19. The number of hydrogen-bond acceptors (Lipinski definition) is 1. The molecule has 2 rings (SSSR count). The van der Waals surface area contributed by atoms with E-state index in [9.17, 15) is 27.1 Å². The summed E-state index contributed by atoms with van der Waals surface area (Å²) in [6.45, 7) is 1.71. The molecule has 0 bridgehead atoms. The molecule has 0 aromatic heterocycles. The third kappa shape index (κ3) is 2.24. The number of aryl methyl sites for hydroxylation is 1. The molecule has 2 aromatic rings. The number of aliphatic hydroxyl groups is 1. The molecular formula is C14H11F5O. The number of halogens is 5. The summed E-state index contributed by atoms with van der Waals surface area (Å²) in [6, 6.07) is 8.69. The molecule has 0 heterocycles. The number of rotatable bonds is 2. The van der Waals surface area contributed by atoms with Gasteiger partial charge < -0.3 is 5.11 Å². The highest BCUT2D eigenvalue weighted by Crippen LogP contribution is 2.45. The van der Waals surface area contributed by atoms with Gasteiger partial charge in [-0.1, -0.05) is 36.4 Å². The van der Waals surface area contributed by atoms with Crippen molar-refractivity contribution in [3.05, 3.63) is 47.5 Å². The Kier molecular flexibility index (Phi) is 3.46. The largest absolute Gasteiger partial charge is 0.456 e. The standard InChI is InChI=1S/C14H11F5O/c1-8-6-7-11(10-5-3-2-4-9(8)10)12(20)13(15,16)14(17,18)19/h2-7,12,20H,1H3. The van der Waals surface area contributed by atoms with Crippen LogP contribution in [0.1, 0.15) is 17.2 Å². The van der Waals surface area contributed by atoms with Crippen molar-refractivity contribution >= 4 is 10.8 Å². The molecule has 0 aliphatic carbocycles. The summed E-state index contributed by atoms with van der Waals surface area (Å²) in [5.41, 5.74) is 0.292. The van der Waals surface area contributed by atoms with E-state index in [1.807, 2.05) is 0 Å². The van der Waals surface area contributed by atoms with Crippen LogP contribution in [-0.2, 0) is 0 Å². The SMILES string of the molecule is Cc1ccc(C(O)C(F)(F)C(F)(F)F)c2ccccc12. The fourth-order valence-electron chi connectivity index (χ4n) is 2.06. The van der Waals surface area contributed by atoms with Crippen molar-refractivity contribution in [2.45, 2.75) is 25.1 Å². The normalized spacial score (nSPS) is 14.6. The van der Waals surface area contributed by atoms with Crippen molar-refractivity contribution < 1.29 is 27.1 Å². The van der Waals surface area contributed by atoms with Crippen LogP contribution in [0.25, 0.3) is 10.8 Å². The molecule has 1 N–H and O–H groups in total. The molecule has 1 unspecified atom stereocenters. The van der Waals surface area contributed by atoms with E-state index >= 15 is 0 Å². The molecular weight excluding hydrogens is 279 g/mol. The molecule has 6 heteroatoms. The second-order valence-corrected chi connectivity index (χ2v) is 4.54. The van der Waals surface area contributed by atoms with Gasteiger partial charge in [-0.3, -0.25) is 0 Å². The molecule has 1 nitrogen and oxygen atoms in total. The first kappa shape index (κ1) is 14.7. The van der Waals surface area contributed by atoms with Crippen LogP contribution in [0.15, 0.2) is 36.4 Å². The molecule has 2 aromatic carbocycles. The van der Waals surface area contributed by atoms with E-state index in [-0.39, 0.29) is 5.39 Å². The quantitative estimate of drug-likeness (QED) is 0.814. The minimum atomic E-state index is -5.81. The molecule has 0 saturated heterocycles. The van der Waals surface area contributed by atoms with Crippen LogP contribution in [0.2, 0.25) is 0 Å². The minimum Gasteiger partial charge on any atom is -0.382 e. The van der Waals surface area contributed by atoms with Crippen LogP contribution < -0.4 is 0 Å². The van der Waals surface area contributed by atoms with E-state index in [4.69, 9.17) is 0 Å². The van der Waals surface area contributed by atoms with Crippen LogP contribution in [0, 0.1) is 6.92 Å². The van der Waals surface area contributed by atoms with Gasteiger partial charge in [-0.15, -0.1) is 0 Å². The van der Waals surface area contributed by atoms with E-state index < -0.39 is 23.8 Å². The second-order valence-electron chi connectivity index (χ2n) is 4.54. The lowest BCUT2D eigenvalue weighted by molar-refractivity contribution is -0.314. The van der Waals surface area contributed by atoms with Gasteiger partial charge in [0, 0.05) is 0 Å². The highest BCUT2D eigenvalue weighted by Gasteiger charge is 2.62. The topological polar surface area (TPSA) is 20.2 Å². The van der Waals surface area contributed by atoms with Gasteiger partial charge in [0.2, 0.25) is 0 Å². The predicted molar refractivity (Wildman–Crippen MR) is 64.6 cm³/mol. The Labute approximate surface area is 111 Å². The first-order valence-electron chi connectivity index (χ1n) is 5.77. The molecule has 0 amide bonds. The molecule has 0 spiro atoms. The van der Waals surface area contributed by atoms with Crippen molar-refractivity contribution in [2.75, 3.05) is 0 Å². The summed E-state index contributed by atoms with van der Waals surface area (Å²) in [6.07, 6.45) is -8.74. The number of fused-ring (bicyclic) bond motifs is 1. The first-order chi connectivity index (χ1) is 9.16. The molecule has 0 saturated carbocycles. The summed E-state index contributed by atoms with van der Waals surface area (Å²) in [5, 5.41) is 10.2. The van der Waals surface area contributed by atoms with Crippen LogP contribution in [0.4, 0.5) is 22.0 Å². The summed E-state index contributed by atoms with van der Waals surface area (Å²) in [7, 11) is 0. The van der Waals surface area contributed by atoms with Crippen molar-refractivity contribution in [1.82, 2.24) is 0 Å². The maximum atomic E-state index is 13.3. The minimum absolute atomic E-state index is 0.184. The molecule has 0 radical (unpaired) electrons. The van der Waals surface area contributed by atoms with Crippen LogP contribution in [0.3, 0.4) is 0 Å². The fourth-order valence-corrected chi connectivity index (χ4v) is 2.06. The van der Waals surface area contributed by atoms with Crippen molar-refractivity contribution in [1.29, 1.82) is 0 Å². The predicted octanol–water partition coefficient (Wildman–Crippen LogP) is 4.38. The summed E-state index contributed by atoms with van der Waals surface area (Å²) in [4.78, 5) is 0. The van der Waals surface area contributed by atoms with Crippen LogP contribution in [-0.4, -0.2) is 17.2 Å². The third-order valence-electron chi connectivity index (χ3n) is 3.19. The molecule has 0 aliphatic rings. The lowest BCUT2D eigenvalue weighted by Crippen LogP contribution is -2.42. The van der Waals surface area contributed by atoms with Crippen molar-refractivity contribution in [3.63, 3.8) is 0 Å². The average Bonchev–Trinajstić information content (AvgIpc) is 2.37. The van der Waals surface area contributed by atoms with Crippen LogP contribution >= 0.6 is 0 Å². The Hall–Kier alpha value is -1.69. The van der Waals surface area contributed by atoms with Gasteiger partial charge in [0.1, 0.15) is 0 Å². The molecule has 0 aliphatic heterocycles. The summed E-state index contributed by atoms with van der Waals surface area (Å²) in [5.74, 6) is -5.20. The Bertz CT molecular complexity index is 633. The van der Waals surface area contributed by atoms with Gasteiger partial charge in [0.15, 0.2) is 6.10 Å². The monoisotopic (exact) mass is 290 g/mol. The summed E-state index contributed by atoms with van der Waals surface area (Å²) < 4.78 is 63.5. The molecule has 108 valence electrons. The van der Waals surface area contributed by atoms with Gasteiger partial charge in [0.05, 0.1) is 0 Å². The number of benzene rings is 2. The molecule has 20 heavy (non-hydrogen) atoms. The Balaban J connectivity index is 2.62. The zero-order valence-electron chi connectivity index (χ0n) is 10.4. The Morgan fingerprint density at radius 1 is 0.900 bits per heavy atom. The molecule has 0 fully saturated rings. The van der Waals surface area contributed by atoms with E-state index in [1.165, 1.54) is 18.2 Å². The van der Waals surface area contributed by atoms with E-state index in [0.717, 1.165) is 11.6 Å². The zero-order chi connectivity index (χ0) is 15.1. The van der Waals surface area contributed by atoms with E-state index in [0.29, 0.717) is 5.39 Å². The van der Waals surface area contributed by atoms with Crippen LogP contribution in [0.5, 0.6) is 0 Å². The maximum Gasteiger partial charge on any atom is 0.456 e. The van der Waals surface area contributed by atoms with Gasteiger partial charge in [0.25, 0.3) is 0 Å². The number of hydrogen-bond donors (Lipinski definition) is 1. The zero-order valence-corrected chi connectivity index (χ0v) is 10.4. The highest BCUT2D eigenvalue weighted by atomic mass is 19.4. The van der Waals surface area contributed by atoms with Crippen molar-refractivity contribution in [2.24, 2.45) is 0 Å². The van der Waals surface area contributed by atoms with Crippen molar-refractivity contribution in [3.8, 4) is 0 Å². The van der Waals surface area contributed by atoms with Gasteiger partial charge in [-0.2, -0.15) is 22.0 Å². The van der Waals surface area contributed by atoms with E-state index in [1.54, 1.807) is 19.1 Å². The Morgan fingerprint density at radius 2 is 1.45 bits per heavy atom. The smallest absolute Gasteiger partial charge is 0.382 e. The van der Waals surface area contributed by atoms with Gasteiger partial charge >= 0.3 is 12.1 Å². The summed E-state index contributed by atoms with van der Waals surface area (Å²) >= 11 is 0. The molecule has 1 atom stereocenters. The lowest BCUT2D eigenvalue weighted by atomic mass is 9.94. The maximum absolute atomic E-state index is 13.3. The highest BCUT2D eigenvalue weighted by molar-refractivity contribution is 5.88. The van der Waals surface area contributed by atoms with Gasteiger partial charge in [-0.05, 0) is 28.8 Å². The second kappa shape index (κ2) is 4.70. The van der Waals surface area contributed by atoms with E-state index in [2.05, 4.69) is 0 Å². The Morgan fingerprint density at radius 3 is 2.00 bits per heavy atom.